The summed E-state index contributed by atoms with van der Waals surface area (Å²) >= 11 is 3.38. The number of hydrogen-bond donors (Lipinski definition) is 0. The van der Waals surface area contributed by atoms with Crippen LogP contribution in [0.1, 0.15) is 5.56 Å². The molecule has 2 aromatic rings. The van der Waals surface area contributed by atoms with Gasteiger partial charge in [-0.1, -0.05) is 35.3 Å². The molecule has 0 radical (unpaired) electrons. The predicted molar refractivity (Wildman–Crippen MR) is 89.7 cm³/mol. The Morgan fingerprint density at radius 3 is 2.77 bits per heavy atom. The normalized spacial score (nSPS) is 17.6. The zero-order chi connectivity index (χ0) is 18.6. The van der Waals surface area contributed by atoms with Crippen LogP contribution in [-0.2, 0) is 0 Å². The van der Waals surface area contributed by atoms with Gasteiger partial charge in [-0.15, -0.1) is 10.2 Å². The number of hydrogen-bond acceptors (Lipinski definition) is 8. The summed E-state index contributed by atoms with van der Waals surface area (Å²) in [6.45, 7) is 0. The van der Waals surface area contributed by atoms with E-state index in [4.69, 9.17) is 18.6 Å². The van der Waals surface area contributed by atoms with Crippen LogP contribution in [0, 0.1) is 10.2 Å². The van der Waals surface area contributed by atoms with Gasteiger partial charge in [0, 0.05) is 24.5 Å². The number of aliphatic imine (C=N–C) groups is 1. The van der Waals surface area contributed by atoms with Crippen molar-refractivity contribution in [3.63, 3.8) is 0 Å². The van der Waals surface area contributed by atoms with Gasteiger partial charge in [-0.25, -0.2) is 23.6 Å². The maximum absolute atomic E-state index is 8.49. The van der Waals surface area contributed by atoms with E-state index in [1.165, 1.54) is 10.4 Å². The van der Waals surface area contributed by atoms with Gasteiger partial charge in [0.25, 0.3) is 4.83 Å². The molecule has 0 bridgehead atoms. The Morgan fingerprint density at radius 2 is 1.96 bits per heavy atom. The number of fused-ring (bicyclic) bond motifs is 2. The number of halogens is 1. The number of thioether (sulfide) groups is 1. The van der Waals surface area contributed by atoms with Crippen LogP contribution in [0.5, 0.6) is 0 Å². The summed E-state index contributed by atoms with van der Waals surface area (Å²) < 4.78 is 36.1. The van der Waals surface area contributed by atoms with Crippen LogP contribution in [0.3, 0.4) is 0 Å². The summed E-state index contributed by atoms with van der Waals surface area (Å²) in [7, 11) is -4.94. The van der Waals surface area contributed by atoms with Gasteiger partial charge in [-0.2, -0.15) is 4.40 Å². The van der Waals surface area contributed by atoms with Crippen molar-refractivity contribution in [2.45, 2.75) is 0 Å². The molecule has 134 valence electrons. The summed E-state index contributed by atoms with van der Waals surface area (Å²) in [5, 5.41) is 5.14. The van der Waals surface area contributed by atoms with Crippen molar-refractivity contribution < 1.29 is 33.3 Å². The van der Waals surface area contributed by atoms with Crippen molar-refractivity contribution in [2.75, 3.05) is 0 Å². The van der Waals surface area contributed by atoms with E-state index in [0.29, 0.717) is 0 Å². The molecule has 0 spiro atoms. The van der Waals surface area contributed by atoms with Crippen molar-refractivity contribution in [2.24, 2.45) is 4.99 Å². The van der Waals surface area contributed by atoms with Gasteiger partial charge in [-0.05, 0) is 23.1 Å². The number of thiazole rings is 1. The summed E-state index contributed by atoms with van der Waals surface area (Å²) in [5.74, 6) is 0. The van der Waals surface area contributed by atoms with Crippen molar-refractivity contribution in [1.82, 2.24) is 4.90 Å². The third kappa shape index (κ3) is 5.51. The van der Waals surface area contributed by atoms with Crippen molar-refractivity contribution in [3.8, 4) is 0 Å². The number of rotatable bonds is 2. The number of aromatic nitrogens is 1. The van der Waals surface area contributed by atoms with Crippen molar-refractivity contribution >= 4 is 39.2 Å². The van der Waals surface area contributed by atoms with Crippen LogP contribution >= 0.6 is 23.1 Å². The largest absolute Gasteiger partial charge is 0.302 e. The highest BCUT2D eigenvalue weighted by atomic mass is 35.7. The van der Waals surface area contributed by atoms with E-state index in [1.54, 1.807) is 23.1 Å². The van der Waals surface area contributed by atoms with E-state index in [0.717, 1.165) is 10.9 Å². The molecule has 0 N–H and O–H groups in total. The number of nitrogens with zero attached hydrogens (tertiary/aromatic N) is 3. The van der Waals surface area contributed by atoms with E-state index in [1.807, 2.05) is 40.9 Å². The third-order valence-electron chi connectivity index (χ3n) is 3.18. The SMILES string of the molecule is C1=CN2C=C/C(=C/C=C/c3cc[n+]4ccsc4c3)N=C2S1.[O-][Cl+3]([O-])([O-])[O-]. The Kier molecular flexibility index (Phi) is 5.89. The second-order valence-electron chi connectivity index (χ2n) is 4.96. The minimum absolute atomic E-state index is 0.972. The lowest BCUT2D eigenvalue weighted by molar-refractivity contribution is -2.00. The van der Waals surface area contributed by atoms with Gasteiger partial charge in [-0.3, -0.25) is 0 Å². The molecule has 0 saturated heterocycles. The average Bonchev–Trinajstić information content (AvgIpc) is 3.21. The second-order valence-corrected chi connectivity index (χ2v) is 7.51. The average molecular weight is 410 g/mol. The first-order valence-corrected chi connectivity index (χ1v) is 10.1. The smallest absolute Gasteiger partial charge is 0.267 e. The van der Waals surface area contributed by atoms with Gasteiger partial charge in [0.1, 0.15) is 0 Å². The molecule has 0 amide bonds. The minimum Gasteiger partial charge on any atom is -0.302 e. The van der Waals surface area contributed by atoms with E-state index in [9.17, 15) is 0 Å². The zero-order valence-electron chi connectivity index (χ0n) is 13.1. The molecule has 4 rings (SSSR count). The number of allylic oxidation sites excluding steroid dienone is 3. The first-order valence-electron chi connectivity index (χ1n) is 7.16. The van der Waals surface area contributed by atoms with Crippen molar-refractivity contribution in [1.29, 1.82) is 0 Å². The van der Waals surface area contributed by atoms with Crippen LogP contribution in [0.15, 0.2) is 76.6 Å². The highest BCUT2D eigenvalue weighted by molar-refractivity contribution is 8.16. The fourth-order valence-corrected chi connectivity index (χ4v) is 3.62. The Bertz CT molecular complexity index is 938. The molecular weight excluding hydrogens is 398 g/mol. The molecule has 2 aliphatic heterocycles. The standard InChI is InChI=1S/C16H12N3S2.ClHO4/c1(2-13-4-6-18-8-10-20-15(18)12-13)3-14-5-7-19-9-11-21-16(19)17-14;2-1(3,4)5/h1-12H;(H,2,3,4,5)/q+1;/p-1. The van der Waals surface area contributed by atoms with Crippen molar-refractivity contribution in [3.05, 3.63) is 77.2 Å². The van der Waals surface area contributed by atoms with Gasteiger partial charge in [0.2, 0.25) is 0 Å². The fraction of sp³-hybridized carbons (Fsp3) is 0. The molecule has 0 aromatic carbocycles. The van der Waals surface area contributed by atoms with Crippen LogP contribution < -0.4 is 23.0 Å². The molecule has 0 fully saturated rings. The first kappa shape index (κ1) is 18.8. The van der Waals surface area contributed by atoms with E-state index in [-0.39, 0.29) is 0 Å². The van der Waals surface area contributed by atoms with E-state index >= 15 is 0 Å². The molecule has 26 heavy (non-hydrogen) atoms. The molecule has 2 aliphatic rings. The number of amidine groups is 1. The predicted octanol–water partition coefficient (Wildman–Crippen LogP) is -0.969. The highest BCUT2D eigenvalue weighted by Gasteiger charge is 2.14. The molecule has 2 aromatic heterocycles. The lowest BCUT2D eigenvalue weighted by Gasteiger charge is -2.17. The Labute approximate surface area is 159 Å². The highest BCUT2D eigenvalue weighted by Crippen LogP contribution is 2.25. The Balaban J connectivity index is 0.000000349. The molecule has 10 heteroatoms. The van der Waals surface area contributed by atoms with Gasteiger partial charge in [0.05, 0.1) is 11.1 Å². The molecule has 0 unspecified atom stereocenters. The summed E-state index contributed by atoms with van der Waals surface area (Å²) in [4.78, 5) is 7.84. The second kappa shape index (κ2) is 8.14. The lowest BCUT2D eigenvalue weighted by atomic mass is 10.2. The van der Waals surface area contributed by atoms with E-state index < -0.39 is 10.2 Å². The summed E-state index contributed by atoms with van der Waals surface area (Å²) in [5.41, 5.74) is 2.17. The molecule has 7 nitrogen and oxygen atoms in total. The summed E-state index contributed by atoms with van der Waals surface area (Å²) in [6.07, 6.45) is 16.4. The quantitative estimate of drug-likeness (QED) is 0.590. The number of pyridine rings is 1. The van der Waals surface area contributed by atoms with Crippen LogP contribution in [0.4, 0.5) is 0 Å². The first-order chi connectivity index (χ1) is 12.4. The third-order valence-corrected chi connectivity index (χ3v) is 4.78. The maximum Gasteiger partial charge on any atom is 0.267 e. The van der Waals surface area contributed by atoms with Gasteiger partial charge < -0.3 is 4.90 Å². The molecule has 0 aliphatic carbocycles. The lowest BCUT2D eigenvalue weighted by Crippen LogP contribution is -2.68. The maximum atomic E-state index is 8.49. The van der Waals surface area contributed by atoms with Crippen LogP contribution in [0.2, 0.25) is 0 Å². The van der Waals surface area contributed by atoms with Gasteiger partial charge >= 0.3 is 0 Å². The fourth-order valence-electron chi connectivity index (χ4n) is 2.13. The molecular formula is C16H12ClN3O4S2. The summed E-state index contributed by atoms with van der Waals surface area (Å²) in [6, 6.07) is 4.29. The topological polar surface area (TPSA) is 112 Å². The van der Waals surface area contributed by atoms with Crippen LogP contribution in [0.25, 0.3) is 10.9 Å². The minimum atomic E-state index is -4.94. The molecule has 0 saturated carbocycles. The Hall–Kier alpha value is -1.98. The molecule has 4 heterocycles. The monoisotopic (exact) mass is 409 g/mol. The van der Waals surface area contributed by atoms with E-state index in [2.05, 4.69) is 45.4 Å². The zero-order valence-corrected chi connectivity index (χ0v) is 15.5. The molecule has 0 atom stereocenters. The van der Waals surface area contributed by atoms with Gasteiger partial charge in [0.15, 0.2) is 17.6 Å². The Morgan fingerprint density at radius 1 is 1.15 bits per heavy atom. The van der Waals surface area contributed by atoms with Crippen LogP contribution in [-0.4, -0.2) is 10.1 Å².